The first-order valence-electron chi connectivity index (χ1n) is 9.30. The molecule has 2 atom stereocenters. The third-order valence-electron chi connectivity index (χ3n) is 4.96. The Labute approximate surface area is 159 Å². The number of nitrogens with zero attached hydrogens (tertiary/aromatic N) is 1. The zero-order valence-electron chi connectivity index (χ0n) is 15.9. The van der Waals surface area contributed by atoms with Gasteiger partial charge in [-0.1, -0.05) is 67.2 Å². The number of rotatable bonds is 7. The first-order chi connectivity index (χ1) is 13.0. The van der Waals surface area contributed by atoms with Gasteiger partial charge in [-0.05, 0) is 13.3 Å². The van der Waals surface area contributed by atoms with Gasteiger partial charge in [0.15, 0.2) is 0 Å². The summed E-state index contributed by atoms with van der Waals surface area (Å²) in [6.07, 6.45) is 15.9. The Bertz CT molecular complexity index is 957. The second-order valence-electron chi connectivity index (χ2n) is 7.08. The number of fused-ring (bicyclic) bond motifs is 1. The van der Waals surface area contributed by atoms with Crippen LogP contribution in [0.1, 0.15) is 25.1 Å². The van der Waals surface area contributed by atoms with Gasteiger partial charge in [0.2, 0.25) is 0 Å². The molecule has 1 N–H and O–H groups in total. The van der Waals surface area contributed by atoms with Gasteiger partial charge in [0, 0.05) is 29.5 Å². The standard InChI is InChI=1S/C22H26N2O3/c1-4-18-20(12-17-10-7-9-16-8-5-6-11-19(16)17)24(14-27-13-15(2)3)22(26)23-21(18)25/h5-11,16,19H,2,4,12-14H2,1,3H3,(H,23,25,26). The van der Waals surface area contributed by atoms with Crippen LogP contribution in [0.3, 0.4) is 0 Å². The molecule has 5 heteroatoms. The van der Waals surface area contributed by atoms with E-state index in [1.165, 1.54) is 5.57 Å². The highest BCUT2D eigenvalue weighted by atomic mass is 16.5. The predicted molar refractivity (Wildman–Crippen MR) is 108 cm³/mol. The van der Waals surface area contributed by atoms with Crippen LogP contribution in [0.2, 0.25) is 0 Å². The Morgan fingerprint density at radius 3 is 2.70 bits per heavy atom. The van der Waals surface area contributed by atoms with Gasteiger partial charge in [-0.15, -0.1) is 0 Å². The number of nitrogens with one attached hydrogen (secondary N) is 1. The van der Waals surface area contributed by atoms with Crippen LogP contribution in [0.5, 0.6) is 0 Å². The SMILES string of the molecule is C=C(C)COCn1c(CC2=CC=CC3C=CC=CC23)c(CC)c(=O)[nH]c1=O. The minimum atomic E-state index is -0.434. The monoisotopic (exact) mass is 366 g/mol. The van der Waals surface area contributed by atoms with E-state index in [9.17, 15) is 9.59 Å². The summed E-state index contributed by atoms with van der Waals surface area (Å²) < 4.78 is 7.16. The van der Waals surface area contributed by atoms with Crippen LogP contribution in [-0.4, -0.2) is 16.2 Å². The van der Waals surface area contributed by atoms with E-state index in [2.05, 4.69) is 54.1 Å². The van der Waals surface area contributed by atoms with Crippen LogP contribution in [0, 0.1) is 11.8 Å². The maximum Gasteiger partial charge on any atom is 0.330 e. The smallest absolute Gasteiger partial charge is 0.330 e. The molecule has 142 valence electrons. The lowest BCUT2D eigenvalue weighted by Gasteiger charge is -2.28. The van der Waals surface area contributed by atoms with Gasteiger partial charge in [0.1, 0.15) is 6.73 Å². The Hall–Kier alpha value is -2.66. The summed E-state index contributed by atoms with van der Waals surface area (Å²) >= 11 is 0. The molecule has 5 nitrogen and oxygen atoms in total. The summed E-state index contributed by atoms with van der Waals surface area (Å²) in [5.41, 5.74) is 2.70. The van der Waals surface area contributed by atoms with Crippen LogP contribution < -0.4 is 11.2 Å². The third-order valence-corrected chi connectivity index (χ3v) is 4.96. The van der Waals surface area contributed by atoms with Crippen molar-refractivity contribution in [1.29, 1.82) is 0 Å². The molecular weight excluding hydrogens is 340 g/mol. The number of aromatic amines is 1. The Morgan fingerprint density at radius 1 is 1.22 bits per heavy atom. The molecule has 1 heterocycles. The third kappa shape index (κ3) is 4.19. The number of aromatic nitrogens is 2. The molecule has 2 unspecified atom stereocenters. The molecule has 1 aromatic heterocycles. The van der Waals surface area contributed by atoms with Crippen molar-refractivity contribution in [2.75, 3.05) is 6.61 Å². The highest BCUT2D eigenvalue weighted by Gasteiger charge is 2.25. The highest BCUT2D eigenvalue weighted by Crippen LogP contribution is 2.33. The fraction of sp³-hybridized carbons (Fsp3) is 0.364. The molecule has 27 heavy (non-hydrogen) atoms. The molecule has 2 aliphatic carbocycles. The molecule has 0 radical (unpaired) electrons. The zero-order chi connectivity index (χ0) is 19.4. The van der Waals surface area contributed by atoms with Gasteiger partial charge >= 0.3 is 5.69 Å². The van der Waals surface area contributed by atoms with Gasteiger partial charge < -0.3 is 4.74 Å². The van der Waals surface area contributed by atoms with Crippen molar-refractivity contribution < 1.29 is 4.74 Å². The second kappa shape index (κ2) is 8.35. The molecule has 3 rings (SSSR count). The number of allylic oxidation sites excluding steroid dienone is 8. The van der Waals surface area contributed by atoms with Gasteiger partial charge in [0.25, 0.3) is 5.56 Å². The number of hydrogen-bond acceptors (Lipinski definition) is 3. The van der Waals surface area contributed by atoms with Crippen molar-refractivity contribution in [3.05, 3.63) is 92.4 Å². The van der Waals surface area contributed by atoms with E-state index in [1.807, 2.05) is 13.8 Å². The minimum absolute atomic E-state index is 0.0950. The van der Waals surface area contributed by atoms with E-state index in [-0.39, 0.29) is 18.2 Å². The Kier molecular flexibility index (Phi) is 5.91. The van der Waals surface area contributed by atoms with Crippen molar-refractivity contribution in [2.24, 2.45) is 11.8 Å². The molecule has 0 aliphatic heterocycles. The average Bonchev–Trinajstić information content (AvgIpc) is 2.64. The number of ether oxygens (including phenoxy) is 1. The molecule has 0 amide bonds. The summed E-state index contributed by atoms with van der Waals surface area (Å²) in [7, 11) is 0. The molecule has 0 fully saturated rings. The van der Waals surface area contributed by atoms with E-state index in [0.29, 0.717) is 30.9 Å². The number of hydrogen-bond donors (Lipinski definition) is 1. The molecule has 0 aromatic carbocycles. The quantitative estimate of drug-likeness (QED) is 0.755. The normalized spacial score (nSPS) is 20.4. The molecule has 1 aromatic rings. The maximum atomic E-state index is 12.5. The maximum absolute atomic E-state index is 12.5. The Morgan fingerprint density at radius 2 is 1.96 bits per heavy atom. The van der Waals surface area contributed by atoms with E-state index < -0.39 is 5.69 Å². The molecule has 2 aliphatic rings. The van der Waals surface area contributed by atoms with Crippen molar-refractivity contribution >= 4 is 0 Å². The fourth-order valence-corrected chi connectivity index (χ4v) is 3.64. The predicted octanol–water partition coefficient (Wildman–Crippen LogP) is 3.05. The first-order valence-corrected chi connectivity index (χ1v) is 9.30. The lowest BCUT2D eigenvalue weighted by molar-refractivity contribution is 0.0894. The van der Waals surface area contributed by atoms with E-state index in [4.69, 9.17) is 4.74 Å². The lowest BCUT2D eigenvalue weighted by Crippen LogP contribution is -2.36. The first kappa shape index (κ1) is 19.1. The van der Waals surface area contributed by atoms with E-state index in [1.54, 1.807) is 4.57 Å². The number of H-pyrrole nitrogens is 1. The second-order valence-corrected chi connectivity index (χ2v) is 7.08. The lowest BCUT2D eigenvalue weighted by atomic mass is 9.78. The van der Waals surface area contributed by atoms with Crippen LogP contribution >= 0.6 is 0 Å². The van der Waals surface area contributed by atoms with Crippen LogP contribution in [0.15, 0.2) is 69.8 Å². The topological polar surface area (TPSA) is 64.1 Å². The Balaban J connectivity index is 1.98. The largest absolute Gasteiger partial charge is 0.356 e. The molecular formula is C22H26N2O3. The fourth-order valence-electron chi connectivity index (χ4n) is 3.64. The zero-order valence-corrected chi connectivity index (χ0v) is 15.9. The van der Waals surface area contributed by atoms with Crippen LogP contribution in [0.4, 0.5) is 0 Å². The van der Waals surface area contributed by atoms with Gasteiger partial charge in [-0.2, -0.15) is 0 Å². The van der Waals surface area contributed by atoms with Gasteiger partial charge in [-0.3, -0.25) is 14.3 Å². The summed E-state index contributed by atoms with van der Waals surface area (Å²) in [5, 5.41) is 0. The molecule has 0 saturated heterocycles. The van der Waals surface area contributed by atoms with Gasteiger partial charge in [0.05, 0.1) is 6.61 Å². The summed E-state index contributed by atoms with van der Waals surface area (Å²) in [4.78, 5) is 27.3. The minimum Gasteiger partial charge on any atom is -0.356 e. The highest BCUT2D eigenvalue weighted by molar-refractivity contribution is 5.37. The summed E-state index contributed by atoms with van der Waals surface area (Å²) in [6.45, 7) is 8.08. The molecule has 0 saturated carbocycles. The van der Waals surface area contributed by atoms with Crippen molar-refractivity contribution in [1.82, 2.24) is 9.55 Å². The average molecular weight is 366 g/mol. The van der Waals surface area contributed by atoms with Crippen molar-refractivity contribution in [2.45, 2.75) is 33.4 Å². The van der Waals surface area contributed by atoms with Crippen LogP contribution in [0.25, 0.3) is 0 Å². The molecule has 0 spiro atoms. The van der Waals surface area contributed by atoms with Gasteiger partial charge in [-0.25, -0.2) is 4.79 Å². The van der Waals surface area contributed by atoms with Crippen LogP contribution in [-0.2, 0) is 24.3 Å². The van der Waals surface area contributed by atoms with E-state index >= 15 is 0 Å². The molecule has 0 bridgehead atoms. The summed E-state index contributed by atoms with van der Waals surface area (Å²) in [5.74, 6) is 0.575. The van der Waals surface area contributed by atoms with Crippen molar-refractivity contribution in [3.8, 4) is 0 Å². The van der Waals surface area contributed by atoms with Crippen molar-refractivity contribution in [3.63, 3.8) is 0 Å². The summed E-state index contributed by atoms with van der Waals surface area (Å²) in [6, 6.07) is 0. The van der Waals surface area contributed by atoms with E-state index in [0.717, 1.165) is 11.3 Å².